The maximum Gasteiger partial charge on any atom is 0.332 e. The minimum atomic E-state index is -0.190. The van der Waals surface area contributed by atoms with Crippen LogP contribution in [0.3, 0.4) is 0 Å². The minimum absolute atomic E-state index is 0.190. The molecule has 1 unspecified atom stereocenters. The number of urea groups is 1. The van der Waals surface area contributed by atoms with Gasteiger partial charge in [0.2, 0.25) is 0 Å². The van der Waals surface area contributed by atoms with Crippen molar-refractivity contribution in [3.05, 3.63) is 59.7 Å². The highest BCUT2D eigenvalue weighted by molar-refractivity contribution is 8.15. The molecule has 0 saturated heterocycles. The average molecular weight is 339 g/mol. The van der Waals surface area contributed by atoms with E-state index in [9.17, 15) is 4.79 Å². The second-order valence-electron chi connectivity index (χ2n) is 5.95. The van der Waals surface area contributed by atoms with Gasteiger partial charge in [-0.15, -0.1) is 0 Å². The van der Waals surface area contributed by atoms with Crippen LogP contribution in [-0.4, -0.2) is 23.0 Å². The number of amidine groups is 1. The number of aliphatic imine (C=N–C) groups is 1. The van der Waals surface area contributed by atoms with Crippen molar-refractivity contribution < 1.29 is 4.79 Å². The fourth-order valence-electron chi connectivity index (χ4n) is 2.46. The summed E-state index contributed by atoms with van der Waals surface area (Å²) in [7, 11) is 0. The van der Waals surface area contributed by atoms with Gasteiger partial charge in [0.15, 0.2) is 5.17 Å². The van der Waals surface area contributed by atoms with Crippen LogP contribution in [-0.2, 0) is 0 Å². The number of benzene rings is 2. The molecular formula is C19H21N3OS. The first-order chi connectivity index (χ1) is 11.5. The molecule has 0 aliphatic carbocycles. The number of para-hydroxylation sites is 1. The van der Waals surface area contributed by atoms with Crippen molar-refractivity contribution in [2.24, 2.45) is 4.99 Å². The van der Waals surface area contributed by atoms with Crippen LogP contribution < -0.4 is 10.2 Å². The zero-order valence-corrected chi connectivity index (χ0v) is 14.9. The molecule has 1 N–H and O–H groups in total. The highest BCUT2D eigenvalue weighted by Gasteiger charge is 2.27. The van der Waals surface area contributed by atoms with E-state index in [0.29, 0.717) is 5.25 Å². The van der Waals surface area contributed by atoms with Crippen LogP contribution in [0.2, 0.25) is 0 Å². The number of rotatable bonds is 2. The second-order valence-corrected chi connectivity index (χ2v) is 7.36. The predicted molar refractivity (Wildman–Crippen MR) is 103 cm³/mol. The molecule has 4 nitrogen and oxygen atoms in total. The lowest BCUT2D eigenvalue weighted by Crippen LogP contribution is -2.38. The summed E-state index contributed by atoms with van der Waals surface area (Å²) in [6, 6.07) is 15.3. The SMILES string of the molecule is Cc1ccc(N(C(=O)Nc2ccccc2)C2=NCC(C)S2)cc1C. The normalized spacial score (nSPS) is 16.6. The van der Waals surface area contributed by atoms with E-state index in [1.807, 2.05) is 48.5 Å². The number of hydrogen-bond acceptors (Lipinski definition) is 3. The third-order valence-corrected chi connectivity index (χ3v) is 5.03. The Morgan fingerprint density at radius 1 is 1.17 bits per heavy atom. The Hall–Kier alpha value is -2.27. The van der Waals surface area contributed by atoms with E-state index in [2.05, 4.69) is 31.1 Å². The largest absolute Gasteiger partial charge is 0.332 e. The number of aryl methyl sites for hydroxylation is 2. The average Bonchev–Trinajstić information content (AvgIpc) is 2.98. The molecule has 0 spiro atoms. The third-order valence-electron chi connectivity index (χ3n) is 3.96. The smallest absolute Gasteiger partial charge is 0.307 e. The Kier molecular flexibility index (Phi) is 4.90. The number of nitrogens with zero attached hydrogens (tertiary/aromatic N) is 2. The second kappa shape index (κ2) is 7.09. The number of thioether (sulfide) groups is 1. The molecule has 1 aliphatic heterocycles. The first-order valence-electron chi connectivity index (χ1n) is 7.99. The van der Waals surface area contributed by atoms with E-state index in [-0.39, 0.29) is 6.03 Å². The van der Waals surface area contributed by atoms with E-state index in [0.717, 1.165) is 28.7 Å². The zero-order valence-electron chi connectivity index (χ0n) is 14.1. The van der Waals surface area contributed by atoms with Gasteiger partial charge in [-0.05, 0) is 49.2 Å². The molecule has 3 rings (SSSR count). The molecular weight excluding hydrogens is 318 g/mol. The van der Waals surface area contributed by atoms with Crippen molar-refractivity contribution in [1.82, 2.24) is 0 Å². The van der Waals surface area contributed by atoms with Crippen LogP contribution in [0, 0.1) is 13.8 Å². The van der Waals surface area contributed by atoms with E-state index in [1.54, 1.807) is 16.7 Å². The molecule has 2 aromatic carbocycles. The minimum Gasteiger partial charge on any atom is -0.307 e. The highest BCUT2D eigenvalue weighted by Crippen LogP contribution is 2.29. The summed E-state index contributed by atoms with van der Waals surface area (Å²) < 4.78 is 0. The zero-order chi connectivity index (χ0) is 17.1. The van der Waals surface area contributed by atoms with Crippen LogP contribution in [0.15, 0.2) is 53.5 Å². The number of nitrogens with one attached hydrogen (secondary N) is 1. The topological polar surface area (TPSA) is 44.7 Å². The molecule has 0 aromatic heterocycles. The van der Waals surface area contributed by atoms with E-state index < -0.39 is 0 Å². The lowest BCUT2D eigenvalue weighted by Gasteiger charge is -2.23. The Bertz CT molecular complexity index is 773. The van der Waals surface area contributed by atoms with Crippen molar-refractivity contribution in [3.63, 3.8) is 0 Å². The predicted octanol–water partition coefficient (Wildman–Crippen LogP) is 4.83. The molecule has 1 atom stereocenters. The van der Waals surface area contributed by atoms with Crippen molar-refractivity contribution in [1.29, 1.82) is 0 Å². The Balaban J connectivity index is 1.92. The van der Waals surface area contributed by atoms with Gasteiger partial charge in [-0.25, -0.2) is 9.69 Å². The fraction of sp³-hybridized carbons (Fsp3) is 0.263. The quantitative estimate of drug-likeness (QED) is 0.851. The number of anilines is 2. The van der Waals surface area contributed by atoms with Gasteiger partial charge in [0.25, 0.3) is 0 Å². The number of hydrogen-bond donors (Lipinski definition) is 1. The van der Waals surface area contributed by atoms with Gasteiger partial charge in [0.1, 0.15) is 0 Å². The summed E-state index contributed by atoms with van der Waals surface area (Å²) in [6.45, 7) is 6.98. The monoisotopic (exact) mass is 339 g/mol. The molecule has 2 amide bonds. The molecule has 0 radical (unpaired) electrons. The summed E-state index contributed by atoms with van der Waals surface area (Å²) in [5, 5.41) is 4.10. The summed E-state index contributed by atoms with van der Waals surface area (Å²) in [5.74, 6) is 0. The molecule has 5 heteroatoms. The lowest BCUT2D eigenvalue weighted by atomic mass is 10.1. The Morgan fingerprint density at radius 3 is 2.54 bits per heavy atom. The van der Waals surface area contributed by atoms with E-state index in [4.69, 9.17) is 0 Å². The first kappa shape index (κ1) is 16.6. The number of amides is 2. The van der Waals surface area contributed by atoms with Crippen LogP contribution >= 0.6 is 11.8 Å². The van der Waals surface area contributed by atoms with E-state index >= 15 is 0 Å². The molecule has 0 bridgehead atoms. The lowest BCUT2D eigenvalue weighted by molar-refractivity contribution is 0.259. The fourth-order valence-corrected chi connectivity index (χ4v) is 3.42. The molecule has 0 fully saturated rings. The number of carbonyl (C=O) groups excluding carboxylic acids is 1. The summed E-state index contributed by atoms with van der Waals surface area (Å²) >= 11 is 1.63. The van der Waals surface area contributed by atoms with Gasteiger partial charge in [0.05, 0.1) is 12.2 Å². The third kappa shape index (κ3) is 3.62. The highest BCUT2D eigenvalue weighted by atomic mass is 32.2. The molecule has 24 heavy (non-hydrogen) atoms. The van der Waals surface area contributed by atoms with Gasteiger partial charge in [0, 0.05) is 10.9 Å². The summed E-state index contributed by atoms with van der Waals surface area (Å²) in [4.78, 5) is 19.2. The molecule has 2 aromatic rings. The molecule has 0 saturated carbocycles. The maximum atomic E-state index is 12.9. The van der Waals surface area contributed by atoms with Gasteiger partial charge >= 0.3 is 6.03 Å². The first-order valence-corrected chi connectivity index (χ1v) is 8.87. The van der Waals surface area contributed by atoms with Gasteiger partial charge in [-0.3, -0.25) is 4.99 Å². The molecule has 124 valence electrons. The van der Waals surface area contributed by atoms with Gasteiger partial charge in [-0.1, -0.05) is 43.0 Å². The van der Waals surface area contributed by atoms with Crippen LogP contribution in [0.4, 0.5) is 16.2 Å². The Morgan fingerprint density at radius 2 is 1.92 bits per heavy atom. The van der Waals surface area contributed by atoms with Gasteiger partial charge < -0.3 is 5.32 Å². The van der Waals surface area contributed by atoms with Gasteiger partial charge in [-0.2, -0.15) is 0 Å². The number of carbonyl (C=O) groups is 1. The van der Waals surface area contributed by atoms with Crippen LogP contribution in [0.5, 0.6) is 0 Å². The van der Waals surface area contributed by atoms with Crippen molar-refractivity contribution >= 4 is 34.3 Å². The van der Waals surface area contributed by atoms with Crippen LogP contribution in [0.1, 0.15) is 18.1 Å². The van der Waals surface area contributed by atoms with E-state index in [1.165, 1.54) is 5.56 Å². The maximum absolute atomic E-state index is 12.9. The van der Waals surface area contributed by atoms with Crippen molar-refractivity contribution in [2.75, 3.05) is 16.8 Å². The summed E-state index contributed by atoms with van der Waals surface area (Å²) in [5.41, 5.74) is 3.97. The van der Waals surface area contributed by atoms with Crippen molar-refractivity contribution in [2.45, 2.75) is 26.0 Å². The van der Waals surface area contributed by atoms with Crippen LogP contribution in [0.25, 0.3) is 0 Å². The molecule has 1 heterocycles. The Labute approximate surface area is 147 Å². The summed E-state index contributed by atoms with van der Waals surface area (Å²) in [6.07, 6.45) is 0. The molecule has 1 aliphatic rings. The van der Waals surface area contributed by atoms with Crippen molar-refractivity contribution in [3.8, 4) is 0 Å². The standard InChI is InChI=1S/C19H21N3OS/c1-13-9-10-17(11-14(13)2)22(19-20-12-15(3)24-19)18(23)21-16-7-5-4-6-8-16/h4-11,15H,12H2,1-3H3,(H,21,23).